The molecule has 0 aliphatic rings. The molecule has 1 heterocycles. The first-order valence-corrected chi connectivity index (χ1v) is 6.65. The van der Waals surface area contributed by atoms with E-state index in [2.05, 4.69) is 15.6 Å². The number of amides is 1. The van der Waals surface area contributed by atoms with Crippen LogP contribution in [0.4, 0.5) is 0 Å². The largest absolute Gasteiger partial charge is 0.356 e. The Morgan fingerprint density at radius 1 is 1.33 bits per heavy atom. The summed E-state index contributed by atoms with van der Waals surface area (Å²) in [5.74, 6) is -0.0540. The number of hydrogen-bond donors (Lipinski definition) is 2. The molecule has 0 saturated heterocycles. The average Bonchev–Trinajstić information content (AvgIpc) is 2.81. The van der Waals surface area contributed by atoms with Crippen molar-refractivity contribution in [3.63, 3.8) is 0 Å². The van der Waals surface area contributed by atoms with E-state index in [1.54, 1.807) is 4.68 Å². The van der Waals surface area contributed by atoms with Gasteiger partial charge < -0.3 is 11.1 Å². The Bertz CT molecular complexity index is 570. The van der Waals surface area contributed by atoms with Crippen molar-refractivity contribution in [2.75, 3.05) is 13.1 Å². The van der Waals surface area contributed by atoms with Crippen LogP contribution < -0.4 is 11.1 Å². The van der Waals surface area contributed by atoms with Crippen LogP contribution in [0.25, 0.3) is 5.69 Å². The van der Waals surface area contributed by atoms with Crippen molar-refractivity contribution in [3.05, 3.63) is 41.7 Å². The van der Waals surface area contributed by atoms with Crippen LogP contribution in [-0.2, 0) is 11.2 Å². The first-order valence-electron chi connectivity index (χ1n) is 6.65. The third kappa shape index (κ3) is 4.54. The number of halogens is 1. The van der Waals surface area contributed by atoms with Crippen LogP contribution in [0.2, 0.25) is 0 Å². The zero-order valence-electron chi connectivity index (χ0n) is 12.0. The average molecular weight is 310 g/mol. The van der Waals surface area contributed by atoms with Crippen LogP contribution in [0.5, 0.6) is 0 Å². The summed E-state index contributed by atoms with van der Waals surface area (Å²) in [6.45, 7) is 3.08. The summed E-state index contributed by atoms with van der Waals surface area (Å²) in [7, 11) is 0. The number of nitrogens with one attached hydrogen (secondary N) is 1. The van der Waals surface area contributed by atoms with Gasteiger partial charge in [-0.15, -0.1) is 17.5 Å². The first-order chi connectivity index (χ1) is 9.72. The normalized spacial score (nSPS) is 10.0. The number of carbonyl (C=O) groups excluding carboxylic acids is 1. The Morgan fingerprint density at radius 3 is 2.71 bits per heavy atom. The monoisotopic (exact) mass is 309 g/mol. The standard InChI is InChI=1S/C14H19N5O.ClH/c1-11-13(10-14(20)16-9-5-8-15)17-18-19(11)12-6-3-2-4-7-12;/h2-4,6-7H,5,8-10,15H2,1H3,(H,16,20);1H. The van der Waals surface area contributed by atoms with Crippen molar-refractivity contribution >= 4 is 18.3 Å². The number of rotatable bonds is 6. The van der Waals surface area contributed by atoms with Gasteiger partial charge in [0.05, 0.1) is 23.5 Å². The number of hydrogen-bond acceptors (Lipinski definition) is 4. The van der Waals surface area contributed by atoms with Gasteiger partial charge in [0.15, 0.2) is 0 Å². The Hall–Kier alpha value is -1.92. The molecule has 6 nitrogen and oxygen atoms in total. The molecule has 0 radical (unpaired) electrons. The molecule has 1 aromatic heterocycles. The van der Waals surface area contributed by atoms with E-state index in [0.29, 0.717) is 18.8 Å². The highest BCUT2D eigenvalue weighted by Crippen LogP contribution is 2.11. The van der Waals surface area contributed by atoms with Crippen LogP contribution in [0, 0.1) is 6.92 Å². The zero-order chi connectivity index (χ0) is 14.4. The van der Waals surface area contributed by atoms with E-state index in [0.717, 1.165) is 17.8 Å². The van der Waals surface area contributed by atoms with Crippen molar-refractivity contribution in [1.29, 1.82) is 0 Å². The SMILES string of the molecule is Cc1c(CC(=O)NCCCN)nnn1-c1ccccc1.Cl. The minimum Gasteiger partial charge on any atom is -0.356 e. The predicted molar refractivity (Wildman–Crippen MR) is 83.7 cm³/mol. The van der Waals surface area contributed by atoms with Crippen molar-refractivity contribution in [2.45, 2.75) is 19.8 Å². The molecule has 0 atom stereocenters. The van der Waals surface area contributed by atoms with E-state index in [9.17, 15) is 4.79 Å². The second-order valence-corrected chi connectivity index (χ2v) is 4.54. The lowest BCUT2D eigenvalue weighted by molar-refractivity contribution is -0.120. The van der Waals surface area contributed by atoms with E-state index in [4.69, 9.17) is 5.73 Å². The van der Waals surface area contributed by atoms with Crippen molar-refractivity contribution in [1.82, 2.24) is 20.3 Å². The van der Waals surface area contributed by atoms with Gasteiger partial charge in [0.1, 0.15) is 0 Å². The molecular weight excluding hydrogens is 290 g/mol. The maximum absolute atomic E-state index is 11.8. The lowest BCUT2D eigenvalue weighted by Gasteiger charge is -2.04. The summed E-state index contributed by atoms with van der Waals surface area (Å²) < 4.78 is 1.74. The quantitative estimate of drug-likeness (QED) is 0.780. The molecule has 21 heavy (non-hydrogen) atoms. The van der Waals surface area contributed by atoms with Crippen molar-refractivity contribution < 1.29 is 4.79 Å². The molecule has 2 aromatic rings. The molecule has 0 aliphatic carbocycles. The number of nitrogens with zero attached hydrogens (tertiary/aromatic N) is 3. The maximum atomic E-state index is 11.8. The molecule has 1 aromatic carbocycles. The number of benzene rings is 1. The first kappa shape index (κ1) is 17.1. The Labute approximate surface area is 130 Å². The fourth-order valence-electron chi connectivity index (χ4n) is 1.88. The van der Waals surface area contributed by atoms with Gasteiger partial charge in [-0.1, -0.05) is 23.4 Å². The fraction of sp³-hybridized carbons (Fsp3) is 0.357. The minimum atomic E-state index is -0.0540. The molecule has 114 valence electrons. The number of aromatic nitrogens is 3. The number of carbonyl (C=O) groups is 1. The number of nitrogens with two attached hydrogens (primary N) is 1. The molecule has 1 amide bonds. The molecular formula is C14H20ClN5O. The van der Waals surface area contributed by atoms with E-state index in [-0.39, 0.29) is 24.7 Å². The van der Waals surface area contributed by atoms with Crippen molar-refractivity contribution in [3.8, 4) is 5.69 Å². The van der Waals surface area contributed by atoms with Gasteiger partial charge in [-0.05, 0) is 32.0 Å². The highest BCUT2D eigenvalue weighted by molar-refractivity contribution is 5.85. The Morgan fingerprint density at radius 2 is 2.05 bits per heavy atom. The molecule has 2 rings (SSSR count). The van der Waals surface area contributed by atoms with Gasteiger partial charge in [0, 0.05) is 6.54 Å². The summed E-state index contributed by atoms with van der Waals surface area (Å²) in [5, 5.41) is 11.0. The molecule has 7 heteroatoms. The summed E-state index contributed by atoms with van der Waals surface area (Å²) in [5.41, 5.74) is 7.89. The third-order valence-electron chi connectivity index (χ3n) is 3.02. The summed E-state index contributed by atoms with van der Waals surface area (Å²) in [6, 6.07) is 9.73. The minimum absolute atomic E-state index is 0. The highest BCUT2D eigenvalue weighted by atomic mass is 35.5. The van der Waals surface area contributed by atoms with Crippen LogP contribution in [0.1, 0.15) is 17.8 Å². The third-order valence-corrected chi connectivity index (χ3v) is 3.02. The van der Waals surface area contributed by atoms with Gasteiger partial charge >= 0.3 is 0 Å². The summed E-state index contributed by atoms with van der Waals surface area (Å²) >= 11 is 0. The lowest BCUT2D eigenvalue weighted by atomic mass is 10.2. The Kier molecular flexibility index (Phi) is 6.84. The predicted octanol–water partition coefficient (Wildman–Crippen LogP) is 1.01. The maximum Gasteiger partial charge on any atom is 0.226 e. The van der Waals surface area contributed by atoms with E-state index in [1.807, 2.05) is 37.3 Å². The second kappa shape index (κ2) is 8.39. The summed E-state index contributed by atoms with van der Waals surface area (Å²) in [6.07, 6.45) is 1.02. The van der Waals surface area contributed by atoms with Crippen molar-refractivity contribution in [2.24, 2.45) is 5.73 Å². The molecule has 0 spiro atoms. The molecule has 0 saturated carbocycles. The molecule has 3 N–H and O–H groups in total. The van der Waals surface area contributed by atoms with Crippen LogP contribution in [-0.4, -0.2) is 34.0 Å². The smallest absolute Gasteiger partial charge is 0.226 e. The van der Waals surface area contributed by atoms with E-state index >= 15 is 0 Å². The van der Waals surface area contributed by atoms with Gasteiger partial charge in [-0.2, -0.15) is 0 Å². The lowest BCUT2D eigenvalue weighted by Crippen LogP contribution is -2.27. The van der Waals surface area contributed by atoms with Gasteiger partial charge in [-0.25, -0.2) is 4.68 Å². The summed E-state index contributed by atoms with van der Waals surface area (Å²) in [4.78, 5) is 11.8. The fourth-order valence-corrected chi connectivity index (χ4v) is 1.88. The molecule has 0 unspecified atom stereocenters. The molecule has 0 fully saturated rings. The molecule has 0 aliphatic heterocycles. The highest BCUT2D eigenvalue weighted by Gasteiger charge is 2.13. The van der Waals surface area contributed by atoms with Gasteiger partial charge in [-0.3, -0.25) is 4.79 Å². The molecule has 0 bridgehead atoms. The topological polar surface area (TPSA) is 85.8 Å². The van der Waals surface area contributed by atoms with Crippen LogP contribution >= 0.6 is 12.4 Å². The van der Waals surface area contributed by atoms with Crippen LogP contribution in [0.15, 0.2) is 30.3 Å². The van der Waals surface area contributed by atoms with Gasteiger partial charge in [0.2, 0.25) is 5.91 Å². The Balaban J connectivity index is 0.00000220. The van der Waals surface area contributed by atoms with E-state index in [1.165, 1.54) is 0 Å². The zero-order valence-corrected chi connectivity index (χ0v) is 12.8. The van der Waals surface area contributed by atoms with Gasteiger partial charge in [0.25, 0.3) is 0 Å². The second-order valence-electron chi connectivity index (χ2n) is 4.54. The van der Waals surface area contributed by atoms with Crippen LogP contribution in [0.3, 0.4) is 0 Å². The number of para-hydroxylation sites is 1. The van der Waals surface area contributed by atoms with E-state index < -0.39 is 0 Å².